The Hall–Kier alpha value is -2.50. The maximum atomic E-state index is 13.2. The van der Waals surface area contributed by atoms with Crippen LogP contribution in [0.3, 0.4) is 0 Å². The van der Waals surface area contributed by atoms with Crippen molar-refractivity contribution < 1.29 is 9.59 Å². The number of hydrogen-bond donors (Lipinski definition) is 0. The van der Waals surface area contributed by atoms with E-state index in [1.54, 1.807) is 0 Å². The average molecular weight is 340 g/mol. The Balaban J connectivity index is 1.94. The summed E-state index contributed by atoms with van der Waals surface area (Å²) in [7, 11) is 0. The molecule has 2 aromatic rings. The zero-order valence-electron chi connectivity index (χ0n) is 15.2. The van der Waals surface area contributed by atoms with E-state index >= 15 is 0 Å². The summed E-state index contributed by atoms with van der Waals surface area (Å²) in [5.41, 5.74) is 1.28. The van der Waals surface area contributed by atoms with Gasteiger partial charge in [-0.2, -0.15) is 0 Å². The lowest BCUT2D eigenvalue weighted by Crippen LogP contribution is -2.38. The number of carbonyl (C=O) groups is 2. The van der Waals surface area contributed by atoms with Crippen molar-refractivity contribution in [2.45, 2.75) is 59.0 Å². The summed E-state index contributed by atoms with van der Waals surface area (Å²) in [6, 6.07) is 7.91. The van der Waals surface area contributed by atoms with Crippen LogP contribution in [0.2, 0.25) is 0 Å². The van der Waals surface area contributed by atoms with Crippen molar-refractivity contribution in [1.29, 1.82) is 0 Å². The monoisotopic (exact) mass is 340 g/mol. The molecule has 6 heteroatoms. The molecule has 1 aliphatic heterocycles. The molecule has 2 amide bonds. The Kier molecular flexibility index (Phi) is 4.45. The normalized spacial score (nSPS) is 20.6. The number of aromatic nitrogens is 3. The SMILES string of the molecule is CCn1c(C)nnc1CN1C(=O)C[C@](CC)(c2ccc(C)cc2)C1=O. The van der Waals surface area contributed by atoms with Crippen LogP contribution in [0.25, 0.3) is 0 Å². The summed E-state index contributed by atoms with van der Waals surface area (Å²) in [6.45, 7) is 8.73. The topological polar surface area (TPSA) is 68.1 Å². The first-order valence-corrected chi connectivity index (χ1v) is 8.73. The van der Waals surface area contributed by atoms with E-state index in [4.69, 9.17) is 0 Å². The van der Waals surface area contributed by atoms with Crippen LogP contribution in [0, 0.1) is 13.8 Å². The highest BCUT2D eigenvalue weighted by molar-refractivity contribution is 6.08. The number of aryl methyl sites for hydroxylation is 2. The Bertz CT molecular complexity index is 809. The van der Waals surface area contributed by atoms with Crippen molar-refractivity contribution in [2.24, 2.45) is 0 Å². The van der Waals surface area contributed by atoms with Crippen molar-refractivity contribution in [3.8, 4) is 0 Å². The molecule has 1 aliphatic rings. The van der Waals surface area contributed by atoms with E-state index in [-0.39, 0.29) is 24.8 Å². The Morgan fingerprint density at radius 2 is 1.76 bits per heavy atom. The molecule has 1 aromatic heterocycles. The van der Waals surface area contributed by atoms with Crippen LogP contribution in [-0.4, -0.2) is 31.5 Å². The average Bonchev–Trinajstić information content (AvgIpc) is 3.08. The van der Waals surface area contributed by atoms with Gasteiger partial charge >= 0.3 is 0 Å². The first kappa shape index (κ1) is 17.3. The minimum atomic E-state index is -0.767. The highest BCUT2D eigenvalue weighted by Gasteiger charge is 2.51. The van der Waals surface area contributed by atoms with Gasteiger partial charge in [-0.15, -0.1) is 10.2 Å². The van der Waals surface area contributed by atoms with Gasteiger partial charge in [0.25, 0.3) is 0 Å². The number of carbonyl (C=O) groups excluding carboxylic acids is 2. The van der Waals surface area contributed by atoms with Crippen molar-refractivity contribution >= 4 is 11.8 Å². The molecule has 0 bridgehead atoms. The van der Waals surface area contributed by atoms with Gasteiger partial charge in [0.1, 0.15) is 5.82 Å². The fourth-order valence-electron chi connectivity index (χ4n) is 3.63. The number of imide groups is 1. The van der Waals surface area contributed by atoms with Gasteiger partial charge in [-0.3, -0.25) is 14.5 Å². The summed E-state index contributed by atoms with van der Waals surface area (Å²) in [6.07, 6.45) is 0.807. The third-order valence-electron chi connectivity index (χ3n) is 5.24. The van der Waals surface area contributed by atoms with E-state index in [2.05, 4.69) is 10.2 Å². The molecule has 0 N–H and O–H groups in total. The third-order valence-corrected chi connectivity index (χ3v) is 5.24. The molecule has 1 atom stereocenters. The molecule has 3 rings (SSSR count). The summed E-state index contributed by atoms with van der Waals surface area (Å²) in [4.78, 5) is 27.2. The first-order valence-electron chi connectivity index (χ1n) is 8.73. The molecular weight excluding hydrogens is 316 g/mol. The number of benzene rings is 1. The number of amides is 2. The van der Waals surface area contributed by atoms with Crippen LogP contribution in [0.4, 0.5) is 0 Å². The quantitative estimate of drug-likeness (QED) is 0.784. The van der Waals surface area contributed by atoms with Crippen molar-refractivity contribution in [2.75, 3.05) is 0 Å². The van der Waals surface area contributed by atoms with Crippen molar-refractivity contribution in [3.05, 3.63) is 47.0 Å². The number of rotatable bonds is 5. The largest absolute Gasteiger partial charge is 0.314 e. The van der Waals surface area contributed by atoms with Crippen molar-refractivity contribution in [3.63, 3.8) is 0 Å². The Labute approximate surface area is 147 Å². The fraction of sp³-hybridized carbons (Fsp3) is 0.474. The van der Waals surface area contributed by atoms with E-state index in [1.807, 2.05) is 56.5 Å². The molecule has 0 radical (unpaired) electrons. The smallest absolute Gasteiger partial charge is 0.240 e. The van der Waals surface area contributed by atoms with Gasteiger partial charge < -0.3 is 4.57 Å². The van der Waals surface area contributed by atoms with E-state index < -0.39 is 5.41 Å². The molecule has 0 spiro atoms. The maximum absolute atomic E-state index is 13.2. The van der Waals surface area contributed by atoms with Crippen molar-refractivity contribution in [1.82, 2.24) is 19.7 Å². The van der Waals surface area contributed by atoms with Gasteiger partial charge in [-0.1, -0.05) is 36.8 Å². The van der Waals surface area contributed by atoms with E-state index in [0.717, 1.165) is 17.0 Å². The number of hydrogen-bond acceptors (Lipinski definition) is 4. The molecule has 132 valence electrons. The lowest BCUT2D eigenvalue weighted by Gasteiger charge is -2.26. The van der Waals surface area contributed by atoms with Gasteiger partial charge in [0.2, 0.25) is 11.8 Å². The molecule has 0 saturated carbocycles. The van der Waals surface area contributed by atoms with Gasteiger partial charge in [0, 0.05) is 13.0 Å². The minimum absolute atomic E-state index is 0.132. The molecule has 2 heterocycles. The molecule has 6 nitrogen and oxygen atoms in total. The minimum Gasteiger partial charge on any atom is -0.314 e. The lowest BCUT2D eigenvalue weighted by molar-refractivity contribution is -0.140. The second kappa shape index (κ2) is 6.43. The molecule has 1 saturated heterocycles. The zero-order valence-corrected chi connectivity index (χ0v) is 15.2. The van der Waals surface area contributed by atoms with Crippen LogP contribution in [0.5, 0.6) is 0 Å². The van der Waals surface area contributed by atoms with Gasteiger partial charge in [-0.25, -0.2) is 0 Å². The number of nitrogens with zero attached hydrogens (tertiary/aromatic N) is 4. The molecule has 1 aromatic carbocycles. The van der Waals surface area contributed by atoms with Crippen LogP contribution in [0.15, 0.2) is 24.3 Å². The first-order chi connectivity index (χ1) is 11.9. The highest BCUT2D eigenvalue weighted by Crippen LogP contribution is 2.40. The summed E-state index contributed by atoms with van der Waals surface area (Å²) < 4.78 is 1.93. The molecule has 25 heavy (non-hydrogen) atoms. The van der Waals surface area contributed by atoms with E-state index in [1.165, 1.54) is 4.90 Å². The summed E-state index contributed by atoms with van der Waals surface area (Å²) in [5, 5.41) is 8.21. The summed E-state index contributed by atoms with van der Waals surface area (Å²) >= 11 is 0. The lowest BCUT2D eigenvalue weighted by atomic mass is 9.76. The summed E-state index contributed by atoms with van der Waals surface area (Å²) in [5.74, 6) is 1.16. The second-order valence-electron chi connectivity index (χ2n) is 6.67. The standard InChI is InChI=1S/C19H24N4O2/c1-5-19(15-9-7-13(3)8-10-15)11-17(24)23(18(19)25)12-16-21-20-14(4)22(16)6-2/h7-10H,5-6,11-12H2,1-4H3/t19-/m1/s1. The highest BCUT2D eigenvalue weighted by atomic mass is 16.2. The Morgan fingerprint density at radius 1 is 1.08 bits per heavy atom. The molecular formula is C19H24N4O2. The van der Waals surface area contributed by atoms with Crippen LogP contribution < -0.4 is 0 Å². The predicted molar refractivity (Wildman–Crippen MR) is 93.8 cm³/mol. The molecule has 0 aliphatic carbocycles. The zero-order chi connectivity index (χ0) is 18.2. The second-order valence-corrected chi connectivity index (χ2v) is 6.67. The molecule has 1 fully saturated rings. The third kappa shape index (κ3) is 2.75. The van der Waals surface area contributed by atoms with E-state index in [0.29, 0.717) is 18.8 Å². The van der Waals surface area contributed by atoms with Gasteiger partial charge in [0.15, 0.2) is 5.82 Å². The predicted octanol–water partition coefficient (Wildman–Crippen LogP) is 2.52. The molecule has 0 unspecified atom stereocenters. The van der Waals surface area contributed by atoms with Crippen LogP contribution in [-0.2, 0) is 28.1 Å². The van der Waals surface area contributed by atoms with Gasteiger partial charge in [0.05, 0.1) is 12.0 Å². The Morgan fingerprint density at radius 3 is 2.36 bits per heavy atom. The maximum Gasteiger partial charge on any atom is 0.240 e. The fourth-order valence-corrected chi connectivity index (χ4v) is 3.63. The van der Waals surface area contributed by atoms with Gasteiger partial charge in [-0.05, 0) is 32.8 Å². The number of likely N-dealkylation sites (tertiary alicyclic amines) is 1. The van der Waals surface area contributed by atoms with Crippen LogP contribution >= 0.6 is 0 Å². The van der Waals surface area contributed by atoms with E-state index in [9.17, 15) is 9.59 Å². The van der Waals surface area contributed by atoms with Crippen LogP contribution in [0.1, 0.15) is 49.5 Å².